The Morgan fingerprint density at radius 3 is 2.68 bits per heavy atom. The number of nitrogens with one attached hydrogen (secondary N) is 1. The van der Waals surface area contributed by atoms with Crippen LogP contribution in [0.25, 0.3) is 0 Å². The molecule has 4 heteroatoms. The van der Waals surface area contributed by atoms with Gasteiger partial charge in [0.15, 0.2) is 0 Å². The quantitative estimate of drug-likeness (QED) is 0.794. The van der Waals surface area contributed by atoms with Crippen LogP contribution in [0, 0.1) is 5.41 Å². The Bertz CT molecular complexity index is 423. The first-order valence-electron chi connectivity index (χ1n) is 7.21. The van der Waals surface area contributed by atoms with Gasteiger partial charge in [-0.3, -0.25) is 4.79 Å². The fourth-order valence-electron chi connectivity index (χ4n) is 2.40. The van der Waals surface area contributed by atoms with E-state index in [0.717, 1.165) is 18.5 Å². The van der Waals surface area contributed by atoms with Crippen LogP contribution in [0.1, 0.15) is 56.1 Å². The molecule has 0 spiro atoms. The SMILES string of the molecule is CCC(CC)(CO)CNC(=O)c1cccn1C1CC1. The normalized spacial score (nSPS) is 15.5. The van der Waals surface area contributed by atoms with Gasteiger partial charge in [0.05, 0.1) is 6.61 Å². The first-order valence-corrected chi connectivity index (χ1v) is 7.21. The number of amides is 1. The summed E-state index contributed by atoms with van der Waals surface area (Å²) in [5.74, 6) is -0.0309. The zero-order valence-electron chi connectivity index (χ0n) is 11.9. The van der Waals surface area contributed by atoms with Gasteiger partial charge in [-0.15, -0.1) is 0 Å². The van der Waals surface area contributed by atoms with Gasteiger partial charge >= 0.3 is 0 Å². The van der Waals surface area contributed by atoms with Crippen LogP contribution in [0.3, 0.4) is 0 Å². The van der Waals surface area contributed by atoms with E-state index >= 15 is 0 Å². The lowest BCUT2D eigenvalue weighted by Crippen LogP contribution is -2.39. The number of aliphatic hydroxyl groups is 1. The van der Waals surface area contributed by atoms with Crippen molar-refractivity contribution < 1.29 is 9.90 Å². The van der Waals surface area contributed by atoms with E-state index < -0.39 is 0 Å². The minimum Gasteiger partial charge on any atom is -0.396 e. The smallest absolute Gasteiger partial charge is 0.267 e. The van der Waals surface area contributed by atoms with Crippen molar-refractivity contribution in [3.8, 4) is 0 Å². The third kappa shape index (κ3) is 3.00. The van der Waals surface area contributed by atoms with Gasteiger partial charge in [0.1, 0.15) is 5.69 Å². The molecule has 0 radical (unpaired) electrons. The van der Waals surface area contributed by atoms with Crippen LogP contribution < -0.4 is 5.32 Å². The van der Waals surface area contributed by atoms with Gasteiger partial charge < -0.3 is 15.0 Å². The van der Waals surface area contributed by atoms with Crippen LogP contribution in [-0.4, -0.2) is 28.7 Å². The van der Waals surface area contributed by atoms with Crippen molar-refractivity contribution in [2.45, 2.75) is 45.6 Å². The van der Waals surface area contributed by atoms with Crippen LogP contribution in [0.5, 0.6) is 0 Å². The summed E-state index contributed by atoms with van der Waals surface area (Å²) in [5.41, 5.74) is 0.550. The van der Waals surface area contributed by atoms with Crippen LogP contribution in [0.4, 0.5) is 0 Å². The lowest BCUT2D eigenvalue weighted by atomic mass is 9.83. The minimum atomic E-state index is -0.188. The molecule has 1 heterocycles. The summed E-state index contributed by atoms with van der Waals surface area (Å²) in [5, 5.41) is 12.5. The molecule has 0 bridgehead atoms. The fourth-order valence-corrected chi connectivity index (χ4v) is 2.40. The second-order valence-corrected chi connectivity index (χ2v) is 5.58. The zero-order valence-corrected chi connectivity index (χ0v) is 11.9. The van der Waals surface area contributed by atoms with E-state index in [2.05, 4.69) is 23.7 Å². The van der Waals surface area contributed by atoms with Gasteiger partial charge in [-0.1, -0.05) is 13.8 Å². The number of carbonyl (C=O) groups is 1. The van der Waals surface area contributed by atoms with Gasteiger partial charge in [0.2, 0.25) is 0 Å². The zero-order chi connectivity index (χ0) is 13.9. The van der Waals surface area contributed by atoms with Crippen molar-refractivity contribution in [2.75, 3.05) is 13.2 Å². The van der Waals surface area contributed by atoms with Crippen molar-refractivity contribution in [3.05, 3.63) is 24.0 Å². The fraction of sp³-hybridized carbons (Fsp3) is 0.667. The van der Waals surface area contributed by atoms with Crippen LogP contribution in [0.2, 0.25) is 0 Å². The van der Waals surface area contributed by atoms with Crippen molar-refractivity contribution in [2.24, 2.45) is 5.41 Å². The van der Waals surface area contributed by atoms with Gasteiger partial charge in [0.25, 0.3) is 5.91 Å². The van der Waals surface area contributed by atoms with Gasteiger partial charge in [0, 0.05) is 24.2 Å². The van der Waals surface area contributed by atoms with E-state index in [9.17, 15) is 9.90 Å². The number of aromatic nitrogens is 1. The Balaban J connectivity index is 1.99. The van der Waals surface area contributed by atoms with Crippen LogP contribution in [-0.2, 0) is 0 Å². The highest BCUT2D eigenvalue weighted by molar-refractivity contribution is 5.92. The molecule has 0 unspecified atom stereocenters. The molecule has 1 aliphatic carbocycles. The molecule has 1 aromatic rings. The molecule has 1 amide bonds. The number of rotatable bonds is 7. The Kier molecular flexibility index (Phi) is 4.30. The lowest BCUT2D eigenvalue weighted by Gasteiger charge is -2.29. The first-order chi connectivity index (χ1) is 9.15. The molecule has 0 aromatic carbocycles. The molecule has 106 valence electrons. The maximum atomic E-state index is 12.2. The summed E-state index contributed by atoms with van der Waals surface area (Å²) in [6.45, 7) is 4.76. The predicted molar refractivity (Wildman–Crippen MR) is 75.1 cm³/mol. The monoisotopic (exact) mass is 264 g/mol. The first kappa shape index (κ1) is 14.1. The van der Waals surface area contributed by atoms with E-state index in [0.29, 0.717) is 12.6 Å². The third-order valence-corrected chi connectivity index (χ3v) is 4.41. The number of hydrogen-bond acceptors (Lipinski definition) is 2. The highest BCUT2D eigenvalue weighted by Gasteiger charge is 2.29. The van der Waals surface area contributed by atoms with Crippen LogP contribution in [0.15, 0.2) is 18.3 Å². The lowest BCUT2D eigenvalue weighted by molar-refractivity contribution is 0.0843. The van der Waals surface area contributed by atoms with Crippen LogP contribution >= 0.6 is 0 Å². The molecule has 2 N–H and O–H groups in total. The summed E-state index contributed by atoms with van der Waals surface area (Å²) >= 11 is 0. The summed E-state index contributed by atoms with van der Waals surface area (Å²) in [6, 6.07) is 4.30. The van der Waals surface area contributed by atoms with Crippen molar-refractivity contribution >= 4 is 5.91 Å². The largest absolute Gasteiger partial charge is 0.396 e. The molecule has 4 nitrogen and oxygen atoms in total. The highest BCUT2D eigenvalue weighted by atomic mass is 16.3. The van der Waals surface area contributed by atoms with Gasteiger partial charge in [-0.2, -0.15) is 0 Å². The van der Waals surface area contributed by atoms with Gasteiger partial charge in [-0.05, 0) is 37.8 Å². The van der Waals surface area contributed by atoms with E-state index in [1.807, 2.05) is 18.3 Å². The molecule has 1 saturated carbocycles. The second-order valence-electron chi connectivity index (χ2n) is 5.58. The molecule has 0 atom stereocenters. The minimum absolute atomic E-state index is 0.0309. The second kappa shape index (κ2) is 5.78. The molecule has 0 aliphatic heterocycles. The Hall–Kier alpha value is -1.29. The molecule has 19 heavy (non-hydrogen) atoms. The maximum absolute atomic E-state index is 12.2. The summed E-state index contributed by atoms with van der Waals surface area (Å²) < 4.78 is 2.06. The Morgan fingerprint density at radius 2 is 2.16 bits per heavy atom. The highest BCUT2D eigenvalue weighted by Crippen LogP contribution is 2.36. The van der Waals surface area contributed by atoms with E-state index in [1.165, 1.54) is 12.8 Å². The number of carbonyl (C=O) groups excluding carboxylic acids is 1. The average Bonchev–Trinajstić information content (AvgIpc) is 3.18. The van der Waals surface area contributed by atoms with Crippen molar-refractivity contribution in [3.63, 3.8) is 0 Å². The number of hydrogen-bond donors (Lipinski definition) is 2. The predicted octanol–water partition coefficient (Wildman–Crippen LogP) is 2.35. The molecule has 1 aromatic heterocycles. The van der Waals surface area contributed by atoms with E-state index in [1.54, 1.807) is 0 Å². The average molecular weight is 264 g/mol. The Morgan fingerprint density at radius 1 is 1.47 bits per heavy atom. The summed E-state index contributed by atoms with van der Waals surface area (Å²) in [6.07, 6.45) is 6.04. The maximum Gasteiger partial charge on any atom is 0.267 e. The molecule has 1 fully saturated rings. The van der Waals surface area contributed by atoms with E-state index in [4.69, 9.17) is 0 Å². The third-order valence-electron chi connectivity index (χ3n) is 4.41. The molecule has 1 aliphatic rings. The molecular formula is C15H24N2O2. The molecular weight excluding hydrogens is 240 g/mol. The number of nitrogens with zero attached hydrogens (tertiary/aromatic N) is 1. The van der Waals surface area contributed by atoms with Gasteiger partial charge in [-0.25, -0.2) is 0 Å². The summed E-state index contributed by atoms with van der Waals surface area (Å²) in [4.78, 5) is 12.2. The molecule has 2 rings (SSSR count). The molecule has 0 saturated heterocycles. The standard InChI is InChI=1S/C15H24N2O2/c1-3-15(4-2,11-18)10-16-14(19)13-6-5-9-17(13)12-7-8-12/h5-6,9,12,18H,3-4,7-8,10-11H2,1-2H3,(H,16,19). The Labute approximate surface area is 114 Å². The van der Waals surface area contributed by atoms with Crippen molar-refractivity contribution in [1.29, 1.82) is 0 Å². The van der Waals surface area contributed by atoms with Crippen molar-refractivity contribution in [1.82, 2.24) is 9.88 Å². The van der Waals surface area contributed by atoms with E-state index in [-0.39, 0.29) is 17.9 Å². The summed E-state index contributed by atoms with van der Waals surface area (Å²) in [7, 11) is 0. The topological polar surface area (TPSA) is 54.3 Å². The number of aliphatic hydroxyl groups excluding tert-OH is 1.